The number of carbonyl (C=O) groups excluding carboxylic acids is 2. The monoisotopic (exact) mass is 243 g/mol. The lowest BCUT2D eigenvalue weighted by molar-refractivity contribution is -0.182. The smallest absolute Gasteiger partial charge is 0.362 e. The first kappa shape index (κ1) is 13.7. The first-order chi connectivity index (χ1) is 8.04. The molecule has 1 saturated heterocycles. The predicted molar refractivity (Wildman–Crippen MR) is 58.9 cm³/mol. The molecule has 0 aliphatic carbocycles. The number of hydrogen-bond donors (Lipinski definition) is 2. The second-order valence-electron chi connectivity index (χ2n) is 3.77. The van der Waals surface area contributed by atoms with E-state index in [2.05, 4.69) is 11.9 Å². The minimum Gasteiger partial charge on any atom is -0.462 e. The number of aliphatic hydroxyl groups is 1. The standard InChI is InChI=1S/C11H17NO5/c1-3-5-16-8-7-9(13)12-11(8,15)10(14)17-6-4-2/h3,8,15H,1,4-7H2,2H3,(H,12,13)/t8?,11-/m1/s1. The van der Waals surface area contributed by atoms with Crippen LogP contribution in [0.3, 0.4) is 0 Å². The fourth-order valence-electron chi connectivity index (χ4n) is 1.51. The first-order valence-corrected chi connectivity index (χ1v) is 5.47. The van der Waals surface area contributed by atoms with Crippen LogP contribution in [-0.4, -0.2) is 42.0 Å². The molecule has 1 rings (SSSR count). The maximum absolute atomic E-state index is 11.7. The van der Waals surface area contributed by atoms with E-state index in [1.807, 2.05) is 6.92 Å². The number of ether oxygens (including phenoxy) is 2. The Hall–Kier alpha value is -1.40. The summed E-state index contributed by atoms with van der Waals surface area (Å²) in [5, 5.41) is 12.3. The van der Waals surface area contributed by atoms with Gasteiger partial charge in [-0.2, -0.15) is 0 Å². The Morgan fingerprint density at radius 3 is 3.06 bits per heavy atom. The first-order valence-electron chi connectivity index (χ1n) is 5.47. The Labute approximate surface area is 99.6 Å². The van der Waals surface area contributed by atoms with E-state index in [1.165, 1.54) is 6.08 Å². The quantitative estimate of drug-likeness (QED) is 0.495. The van der Waals surface area contributed by atoms with Crippen LogP contribution in [-0.2, 0) is 19.1 Å². The minimum absolute atomic E-state index is 0.0778. The molecule has 6 heteroatoms. The Morgan fingerprint density at radius 2 is 2.47 bits per heavy atom. The van der Waals surface area contributed by atoms with E-state index in [4.69, 9.17) is 9.47 Å². The molecule has 0 aromatic heterocycles. The van der Waals surface area contributed by atoms with Crippen LogP contribution in [0.1, 0.15) is 19.8 Å². The molecule has 6 nitrogen and oxygen atoms in total. The number of amides is 1. The van der Waals surface area contributed by atoms with Crippen molar-refractivity contribution in [3.05, 3.63) is 12.7 Å². The number of esters is 1. The topological polar surface area (TPSA) is 84.9 Å². The molecule has 0 radical (unpaired) electrons. The third-order valence-corrected chi connectivity index (χ3v) is 2.33. The van der Waals surface area contributed by atoms with Crippen LogP contribution in [0.2, 0.25) is 0 Å². The Bertz CT molecular complexity index is 317. The van der Waals surface area contributed by atoms with Crippen molar-refractivity contribution >= 4 is 11.9 Å². The van der Waals surface area contributed by atoms with Crippen molar-refractivity contribution in [1.82, 2.24) is 5.32 Å². The van der Waals surface area contributed by atoms with Gasteiger partial charge in [-0.15, -0.1) is 6.58 Å². The highest BCUT2D eigenvalue weighted by molar-refractivity contribution is 5.91. The van der Waals surface area contributed by atoms with Crippen LogP contribution in [0, 0.1) is 0 Å². The summed E-state index contributed by atoms with van der Waals surface area (Å²) in [5.41, 5.74) is -2.09. The summed E-state index contributed by atoms with van der Waals surface area (Å²) in [6.45, 7) is 5.61. The van der Waals surface area contributed by atoms with Crippen molar-refractivity contribution in [1.29, 1.82) is 0 Å². The van der Waals surface area contributed by atoms with Gasteiger partial charge in [-0.1, -0.05) is 13.0 Å². The van der Waals surface area contributed by atoms with Gasteiger partial charge in [0.25, 0.3) is 5.72 Å². The summed E-state index contributed by atoms with van der Waals surface area (Å²) in [5.74, 6) is -1.34. The maximum Gasteiger partial charge on any atom is 0.362 e. The Morgan fingerprint density at radius 1 is 1.76 bits per heavy atom. The van der Waals surface area contributed by atoms with Crippen LogP contribution < -0.4 is 5.32 Å². The zero-order chi connectivity index (χ0) is 12.9. The molecule has 0 spiro atoms. The highest BCUT2D eigenvalue weighted by Gasteiger charge is 2.53. The minimum atomic E-state index is -2.09. The molecule has 0 bridgehead atoms. The van der Waals surface area contributed by atoms with Gasteiger partial charge < -0.3 is 19.9 Å². The van der Waals surface area contributed by atoms with Gasteiger partial charge in [0, 0.05) is 0 Å². The molecule has 17 heavy (non-hydrogen) atoms. The molecule has 1 unspecified atom stereocenters. The normalized spacial score (nSPS) is 27.6. The molecule has 0 saturated carbocycles. The van der Waals surface area contributed by atoms with Crippen molar-refractivity contribution in [2.75, 3.05) is 13.2 Å². The molecule has 1 amide bonds. The van der Waals surface area contributed by atoms with Crippen molar-refractivity contribution in [2.45, 2.75) is 31.6 Å². The van der Waals surface area contributed by atoms with Gasteiger partial charge in [0.1, 0.15) is 6.10 Å². The SMILES string of the molecule is C=CCOC1CC(=O)N[C@]1(O)C(=O)OCCC. The number of carbonyl (C=O) groups is 2. The average Bonchev–Trinajstić information content (AvgIpc) is 2.59. The highest BCUT2D eigenvalue weighted by Crippen LogP contribution is 2.23. The Kier molecular flexibility index (Phi) is 4.65. The molecule has 0 aromatic carbocycles. The molecular weight excluding hydrogens is 226 g/mol. The van der Waals surface area contributed by atoms with Gasteiger partial charge in [-0.25, -0.2) is 4.79 Å². The third kappa shape index (κ3) is 3.04. The second-order valence-corrected chi connectivity index (χ2v) is 3.77. The number of rotatable bonds is 6. The fraction of sp³-hybridized carbons (Fsp3) is 0.636. The maximum atomic E-state index is 11.7. The van der Waals surface area contributed by atoms with Crippen LogP contribution in [0.15, 0.2) is 12.7 Å². The van der Waals surface area contributed by atoms with Gasteiger partial charge in [0.2, 0.25) is 5.91 Å². The van der Waals surface area contributed by atoms with E-state index in [9.17, 15) is 14.7 Å². The van der Waals surface area contributed by atoms with Crippen molar-refractivity contribution in [3.8, 4) is 0 Å². The molecule has 1 fully saturated rings. The van der Waals surface area contributed by atoms with Crippen LogP contribution >= 0.6 is 0 Å². The summed E-state index contributed by atoms with van der Waals surface area (Å²) < 4.78 is 10.0. The molecule has 2 atom stereocenters. The van der Waals surface area contributed by atoms with E-state index < -0.39 is 23.7 Å². The van der Waals surface area contributed by atoms with E-state index in [1.54, 1.807) is 0 Å². The lowest BCUT2D eigenvalue weighted by Crippen LogP contribution is -2.57. The summed E-state index contributed by atoms with van der Waals surface area (Å²) in [6.07, 6.45) is 1.08. The van der Waals surface area contributed by atoms with Gasteiger partial charge in [0.15, 0.2) is 0 Å². The van der Waals surface area contributed by atoms with E-state index >= 15 is 0 Å². The van der Waals surface area contributed by atoms with Crippen LogP contribution in [0.4, 0.5) is 0 Å². The van der Waals surface area contributed by atoms with Crippen LogP contribution in [0.5, 0.6) is 0 Å². The van der Waals surface area contributed by atoms with Gasteiger partial charge in [-0.3, -0.25) is 4.79 Å². The molecule has 0 aromatic rings. The summed E-state index contributed by atoms with van der Waals surface area (Å²) >= 11 is 0. The zero-order valence-electron chi connectivity index (χ0n) is 9.77. The van der Waals surface area contributed by atoms with E-state index in [0.717, 1.165) is 0 Å². The average molecular weight is 243 g/mol. The lowest BCUT2D eigenvalue weighted by Gasteiger charge is -2.26. The summed E-state index contributed by atoms with van der Waals surface area (Å²) in [6, 6.07) is 0. The van der Waals surface area contributed by atoms with Gasteiger partial charge in [0.05, 0.1) is 19.6 Å². The molecule has 1 heterocycles. The van der Waals surface area contributed by atoms with Crippen molar-refractivity contribution in [3.63, 3.8) is 0 Å². The van der Waals surface area contributed by atoms with Crippen molar-refractivity contribution in [2.24, 2.45) is 0 Å². The second kappa shape index (κ2) is 5.79. The number of hydrogen-bond acceptors (Lipinski definition) is 5. The van der Waals surface area contributed by atoms with Gasteiger partial charge >= 0.3 is 5.97 Å². The van der Waals surface area contributed by atoms with Gasteiger partial charge in [-0.05, 0) is 6.42 Å². The van der Waals surface area contributed by atoms with E-state index in [-0.39, 0.29) is 19.6 Å². The molecule has 96 valence electrons. The summed E-state index contributed by atoms with van der Waals surface area (Å²) in [4.78, 5) is 22.9. The highest BCUT2D eigenvalue weighted by atomic mass is 16.6. The molecular formula is C11H17NO5. The fourth-order valence-corrected chi connectivity index (χ4v) is 1.51. The number of nitrogens with one attached hydrogen (secondary N) is 1. The molecule has 2 N–H and O–H groups in total. The van der Waals surface area contributed by atoms with Crippen LogP contribution in [0.25, 0.3) is 0 Å². The molecule has 1 aliphatic heterocycles. The molecule has 1 aliphatic rings. The largest absolute Gasteiger partial charge is 0.462 e. The van der Waals surface area contributed by atoms with E-state index in [0.29, 0.717) is 6.42 Å². The summed E-state index contributed by atoms with van der Waals surface area (Å²) in [7, 11) is 0. The predicted octanol–water partition coefficient (Wildman–Crippen LogP) is -0.281. The zero-order valence-corrected chi connectivity index (χ0v) is 9.77. The third-order valence-electron chi connectivity index (χ3n) is 2.33. The lowest BCUT2D eigenvalue weighted by atomic mass is 10.1. The van der Waals surface area contributed by atoms with Crippen molar-refractivity contribution < 1.29 is 24.2 Å². The Balaban J connectivity index is 2.71.